The number of ether oxygens (including phenoxy) is 1. The van der Waals surface area contributed by atoms with Crippen molar-refractivity contribution in [1.29, 1.82) is 0 Å². The Kier molecular flexibility index (Phi) is 4.83. The van der Waals surface area contributed by atoms with Gasteiger partial charge >= 0.3 is 5.97 Å². The molecular formula is C26H31NO4. The number of esters is 1. The van der Waals surface area contributed by atoms with Gasteiger partial charge in [-0.1, -0.05) is 45.1 Å². The number of amides is 2. The van der Waals surface area contributed by atoms with E-state index < -0.39 is 0 Å². The Morgan fingerprint density at radius 3 is 1.97 bits per heavy atom. The highest BCUT2D eigenvalue weighted by Crippen LogP contribution is 2.53. The van der Waals surface area contributed by atoms with Gasteiger partial charge in [0.05, 0.1) is 17.8 Å². The number of likely N-dealkylation sites (tertiary alicyclic amines) is 1. The normalized spacial score (nSPS) is 34.4. The molecule has 4 aliphatic rings. The van der Waals surface area contributed by atoms with E-state index >= 15 is 0 Å². The molecule has 0 aromatic heterocycles. The molecule has 3 aliphatic carbocycles. The third-order valence-electron chi connectivity index (χ3n) is 7.84. The Bertz CT molecular complexity index is 903. The fourth-order valence-electron chi connectivity index (χ4n) is 6.08. The number of imide groups is 1. The topological polar surface area (TPSA) is 63.7 Å². The van der Waals surface area contributed by atoms with E-state index in [1.54, 1.807) is 4.90 Å². The average Bonchev–Trinajstić information content (AvgIpc) is 3.42. The summed E-state index contributed by atoms with van der Waals surface area (Å²) in [6, 6.07) is 7.64. The third-order valence-corrected chi connectivity index (χ3v) is 7.84. The predicted molar refractivity (Wildman–Crippen MR) is 116 cm³/mol. The summed E-state index contributed by atoms with van der Waals surface area (Å²) in [5.41, 5.74) is 1.25. The number of rotatable bonds is 3. The second kappa shape index (κ2) is 7.32. The van der Waals surface area contributed by atoms with Crippen LogP contribution >= 0.6 is 0 Å². The fraction of sp³-hybridized carbons (Fsp3) is 0.577. The van der Waals surface area contributed by atoms with Crippen LogP contribution in [-0.4, -0.2) is 28.7 Å². The Balaban J connectivity index is 1.18. The quantitative estimate of drug-likeness (QED) is 0.317. The van der Waals surface area contributed by atoms with Crippen LogP contribution in [0.15, 0.2) is 36.4 Å². The van der Waals surface area contributed by atoms with Gasteiger partial charge in [0.2, 0.25) is 11.8 Å². The molecule has 0 spiro atoms. The van der Waals surface area contributed by atoms with Crippen molar-refractivity contribution in [2.24, 2.45) is 29.6 Å². The van der Waals surface area contributed by atoms with E-state index in [9.17, 15) is 14.4 Å². The van der Waals surface area contributed by atoms with E-state index in [2.05, 4.69) is 32.9 Å². The molecule has 31 heavy (non-hydrogen) atoms. The first kappa shape index (κ1) is 20.5. The van der Waals surface area contributed by atoms with Crippen LogP contribution in [0.2, 0.25) is 0 Å². The summed E-state index contributed by atoms with van der Waals surface area (Å²) >= 11 is 0. The van der Waals surface area contributed by atoms with Crippen LogP contribution in [-0.2, 0) is 19.8 Å². The number of nitrogens with zero attached hydrogens (tertiary/aromatic N) is 1. The van der Waals surface area contributed by atoms with Gasteiger partial charge in [-0.15, -0.1) is 0 Å². The van der Waals surface area contributed by atoms with Crippen molar-refractivity contribution in [3.05, 3.63) is 42.0 Å². The van der Waals surface area contributed by atoms with Gasteiger partial charge in [0.1, 0.15) is 5.75 Å². The summed E-state index contributed by atoms with van der Waals surface area (Å²) in [5, 5.41) is 0. The van der Waals surface area contributed by atoms with Gasteiger partial charge in [-0.05, 0) is 67.1 Å². The minimum atomic E-state index is -0.208. The van der Waals surface area contributed by atoms with Crippen molar-refractivity contribution in [3.8, 4) is 5.75 Å². The smallest absolute Gasteiger partial charge is 0.314 e. The maximum absolute atomic E-state index is 13.0. The second-order valence-electron chi connectivity index (χ2n) is 10.7. The van der Waals surface area contributed by atoms with Crippen LogP contribution in [0.4, 0.5) is 0 Å². The Morgan fingerprint density at radius 2 is 1.45 bits per heavy atom. The van der Waals surface area contributed by atoms with Gasteiger partial charge in [-0.2, -0.15) is 0 Å². The van der Waals surface area contributed by atoms with E-state index in [0.717, 1.165) is 6.42 Å². The van der Waals surface area contributed by atoms with Crippen molar-refractivity contribution < 1.29 is 19.1 Å². The lowest BCUT2D eigenvalue weighted by Crippen LogP contribution is -2.44. The van der Waals surface area contributed by atoms with E-state index in [0.29, 0.717) is 31.4 Å². The molecule has 1 aliphatic heterocycles. The fourth-order valence-corrected chi connectivity index (χ4v) is 6.08. The van der Waals surface area contributed by atoms with Gasteiger partial charge in [0, 0.05) is 6.04 Å². The molecule has 1 aromatic carbocycles. The van der Waals surface area contributed by atoms with E-state index in [4.69, 9.17) is 4.74 Å². The lowest BCUT2D eigenvalue weighted by Gasteiger charge is -2.33. The maximum Gasteiger partial charge on any atom is 0.314 e. The molecule has 5 rings (SSSR count). The Morgan fingerprint density at radius 1 is 0.903 bits per heavy atom. The monoisotopic (exact) mass is 421 g/mol. The van der Waals surface area contributed by atoms with Crippen LogP contribution in [0, 0.1) is 29.6 Å². The molecule has 3 fully saturated rings. The SMILES string of the molecule is CC(C)(C)c1ccc(OC(=O)C2CCC(N3C(=O)[C@@H]4[C@@H](C3=O)[C@H]3C=C[C@H]4C3)CC2)cc1. The van der Waals surface area contributed by atoms with Crippen LogP contribution in [0.3, 0.4) is 0 Å². The van der Waals surface area contributed by atoms with Gasteiger partial charge < -0.3 is 4.74 Å². The Hall–Kier alpha value is -2.43. The summed E-state index contributed by atoms with van der Waals surface area (Å²) in [4.78, 5) is 40.3. The molecular weight excluding hydrogens is 390 g/mol. The zero-order valence-electron chi connectivity index (χ0n) is 18.5. The van der Waals surface area contributed by atoms with Crippen LogP contribution in [0.1, 0.15) is 58.4 Å². The third kappa shape index (κ3) is 3.42. The van der Waals surface area contributed by atoms with E-state index in [-0.39, 0.29) is 58.8 Å². The zero-order valence-corrected chi connectivity index (χ0v) is 18.5. The number of hydrogen-bond donors (Lipinski definition) is 0. The summed E-state index contributed by atoms with van der Waals surface area (Å²) in [6.45, 7) is 6.45. The predicted octanol–water partition coefficient (Wildman–Crippen LogP) is 4.26. The van der Waals surface area contributed by atoms with Crippen LogP contribution in [0.5, 0.6) is 5.75 Å². The van der Waals surface area contributed by atoms with Crippen molar-refractivity contribution >= 4 is 17.8 Å². The van der Waals surface area contributed by atoms with Crippen LogP contribution in [0.25, 0.3) is 0 Å². The summed E-state index contributed by atoms with van der Waals surface area (Å²) < 4.78 is 5.63. The summed E-state index contributed by atoms with van der Waals surface area (Å²) in [6.07, 6.45) is 7.88. The maximum atomic E-state index is 13.0. The Labute approximate surface area is 183 Å². The lowest BCUT2D eigenvalue weighted by molar-refractivity contribution is -0.145. The number of benzene rings is 1. The minimum absolute atomic E-state index is 0.0248. The van der Waals surface area contributed by atoms with Gasteiger partial charge in [0.15, 0.2) is 0 Å². The molecule has 2 bridgehead atoms. The van der Waals surface area contributed by atoms with E-state index in [1.165, 1.54) is 5.56 Å². The first-order valence-corrected chi connectivity index (χ1v) is 11.6. The minimum Gasteiger partial charge on any atom is -0.426 e. The molecule has 2 amide bonds. The van der Waals surface area contributed by atoms with Crippen molar-refractivity contribution in [2.45, 2.75) is 64.3 Å². The molecule has 1 aromatic rings. The van der Waals surface area contributed by atoms with Gasteiger partial charge in [-0.25, -0.2) is 0 Å². The lowest BCUT2D eigenvalue weighted by atomic mass is 9.85. The molecule has 0 radical (unpaired) electrons. The average molecular weight is 422 g/mol. The number of hydrogen-bond acceptors (Lipinski definition) is 4. The second-order valence-corrected chi connectivity index (χ2v) is 10.7. The molecule has 1 heterocycles. The molecule has 0 unspecified atom stereocenters. The molecule has 4 atom stereocenters. The molecule has 2 saturated carbocycles. The highest BCUT2D eigenvalue weighted by Gasteiger charge is 2.60. The number of fused-ring (bicyclic) bond motifs is 5. The van der Waals surface area contributed by atoms with E-state index in [1.807, 2.05) is 24.3 Å². The largest absolute Gasteiger partial charge is 0.426 e. The number of carbonyl (C=O) groups excluding carboxylic acids is 3. The molecule has 164 valence electrons. The van der Waals surface area contributed by atoms with Gasteiger partial charge in [0.25, 0.3) is 0 Å². The van der Waals surface area contributed by atoms with Crippen LogP contribution < -0.4 is 4.74 Å². The molecule has 5 nitrogen and oxygen atoms in total. The van der Waals surface area contributed by atoms with Crippen molar-refractivity contribution in [2.75, 3.05) is 0 Å². The van der Waals surface area contributed by atoms with Gasteiger partial charge in [-0.3, -0.25) is 19.3 Å². The first-order valence-electron chi connectivity index (χ1n) is 11.6. The number of allylic oxidation sites excluding steroid dienone is 2. The molecule has 5 heteroatoms. The highest BCUT2D eigenvalue weighted by molar-refractivity contribution is 6.06. The standard InChI is InChI=1S/C26H31NO4/c1-26(2,3)18-8-12-20(13-9-18)31-25(30)15-6-10-19(11-7-15)27-23(28)21-16-4-5-17(14-16)22(21)24(27)29/h4-5,8-9,12-13,15-17,19,21-22H,6-7,10-11,14H2,1-3H3/t15?,16-,17-,19?,21-,22-/m0/s1. The summed E-state index contributed by atoms with van der Waals surface area (Å²) in [5.74, 6) is 0.445. The number of carbonyl (C=O) groups is 3. The zero-order chi connectivity index (χ0) is 21.9. The first-order chi connectivity index (χ1) is 14.7. The molecule has 1 saturated heterocycles. The summed E-state index contributed by atoms with van der Waals surface area (Å²) in [7, 11) is 0. The van der Waals surface area contributed by atoms with Crippen molar-refractivity contribution in [1.82, 2.24) is 4.90 Å². The van der Waals surface area contributed by atoms with Crippen molar-refractivity contribution in [3.63, 3.8) is 0 Å². The molecule has 0 N–H and O–H groups in total. The highest BCUT2D eigenvalue weighted by atomic mass is 16.5.